The molecule has 27 heavy (non-hydrogen) atoms. The number of aryl methyl sites for hydroxylation is 1. The van der Waals surface area contributed by atoms with E-state index in [2.05, 4.69) is 53.6 Å². The molecule has 4 rings (SSSR count). The van der Waals surface area contributed by atoms with Gasteiger partial charge in [-0.15, -0.1) is 5.10 Å². The highest BCUT2D eigenvalue weighted by Crippen LogP contribution is 2.20. The maximum absolute atomic E-state index is 5.83. The molecular weight excluding hydrogens is 340 g/mol. The van der Waals surface area contributed by atoms with Crippen LogP contribution in [0.5, 0.6) is 0 Å². The summed E-state index contributed by atoms with van der Waals surface area (Å²) in [6.45, 7) is 11.9. The van der Waals surface area contributed by atoms with Gasteiger partial charge in [0.15, 0.2) is 6.04 Å². The molecule has 2 fully saturated rings. The average molecular weight is 373 g/mol. The molecule has 1 aromatic heterocycles. The van der Waals surface area contributed by atoms with Crippen molar-refractivity contribution in [3.05, 3.63) is 41.2 Å². The lowest BCUT2D eigenvalue weighted by molar-refractivity contribution is -1.02. The van der Waals surface area contributed by atoms with Crippen molar-refractivity contribution in [2.24, 2.45) is 0 Å². The Morgan fingerprint density at radius 2 is 1.96 bits per heavy atom. The zero-order valence-electron chi connectivity index (χ0n) is 16.5. The summed E-state index contributed by atoms with van der Waals surface area (Å²) in [5, 5.41) is 12.9. The van der Waals surface area contributed by atoms with Crippen molar-refractivity contribution in [1.29, 1.82) is 0 Å². The lowest BCUT2D eigenvalue weighted by Gasteiger charge is -2.34. The minimum absolute atomic E-state index is 0.181. The molecule has 0 amide bonds. The van der Waals surface area contributed by atoms with Crippen LogP contribution in [-0.4, -0.2) is 65.6 Å². The quantitative estimate of drug-likeness (QED) is 0.687. The van der Waals surface area contributed by atoms with Gasteiger partial charge in [0, 0.05) is 12.2 Å². The highest BCUT2D eigenvalue weighted by Gasteiger charge is 2.35. The molecule has 2 aliphatic rings. The number of hydrogen-bond acceptors (Lipinski definition) is 4. The van der Waals surface area contributed by atoms with Gasteiger partial charge in [-0.05, 0) is 37.1 Å². The SMILES string of the molecule is CC[NH+]1CC[NH+]([C@@H](c2ccc(C)cc2)c2nnnn2C[C@H]2CCCO2)CC1. The molecule has 0 radical (unpaired) electrons. The van der Waals surface area contributed by atoms with E-state index in [-0.39, 0.29) is 12.1 Å². The number of quaternary nitrogens is 2. The first-order valence-electron chi connectivity index (χ1n) is 10.4. The Morgan fingerprint density at radius 1 is 1.19 bits per heavy atom. The molecule has 0 unspecified atom stereocenters. The van der Waals surface area contributed by atoms with Crippen molar-refractivity contribution in [1.82, 2.24) is 20.2 Å². The van der Waals surface area contributed by atoms with Gasteiger partial charge in [-0.25, -0.2) is 4.68 Å². The van der Waals surface area contributed by atoms with Crippen LogP contribution in [0.2, 0.25) is 0 Å². The number of nitrogens with zero attached hydrogens (tertiary/aromatic N) is 4. The summed E-state index contributed by atoms with van der Waals surface area (Å²) in [5.41, 5.74) is 2.59. The highest BCUT2D eigenvalue weighted by molar-refractivity contribution is 5.26. The van der Waals surface area contributed by atoms with Crippen LogP contribution in [0.15, 0.2) is 24.3 Å². The van der Waals surface area contributed by atoms with Gasteiger partial charge in [0.2, 0.25) is 5.82 Å². The summed E-state index contributed by atoms with van der Waals surface area (Å²) in [6, 6.07) is 9.07. The number of tetrazole rings is 1. The smallest absolute Gasteiger partial charge is 0.214 e. The predicted molar refractivity (Wildman–Crippen MR) is 102 cm³/mol. The molecule has 146 valence electrons. The summed E-state index contributed by atoms with van der Waals surface area (Å²) in [7, 11) is 0. The first-order chi connectivity index (χ1) is 13.2. The van der Waals surface area contributed by atoms with E-state index in [0.717, 1.165) is 44.9 Å². The Hall–Kier alpha value is -1.83. The second kappa shape index (κ2) is 8.46. The zero-order valence-corrected chi connectivity index (χ0v) is 16.5. The van der Waals surface area contributed by atoms with Gasteiger partial charge in [-0.3, -0.25) is 0 Å². The minimum atomic E-state index is 0.181. The van der Waals surface area contributed by atoms with E-state index in [1.165, 1.54) is 30.8 Å². The Bertz CT molecular complexity index is 716. The molecule has 0 spiro atoms. The van der Waals surface area contributed by atoms with Crippen LogP contribution in [0.3, 0.4) is 0 Å². The molecule has 0 bridgehead atoms. The normalized spacial score (nSPS) is 27.0. The average Bonchev–Trinajstić information content (AvgIpc) is 3.37. The molecule has 2 aromatic rings. The number of likely N-dealkylation sites (N-methyl/N-ethyl adjacent to an activating group) is 1. The second-order valence-corrected chi connectivity index (χ2v) is 7.96. The van der Waals surface area contributed by atoms with Crippen LogP contribution in [0.25, 0.3) is 0 Å². The van der Waals surface area contributed by atoms with Gasteiger partial charge in [0.1, 0.15) is 26.2 Å². The van der Waals surface area contributed by atoms with Gasteiger partial charge >= 0.3 is 0 Å². The van der Waals surface area contributed by atoms with Crippen LogP contribution < -0.4 is 9.80 Å². The number of aromatic nitrogens is 4. The van der Waals surface area contributed by atoms with Gasteiger partial charge in [-0.1, -0.05) is 29.8 Å². The molecule has 2 aliphatic heterocycles. The molecule has 1 aromatic carbocycles. The second-order valence-electron chi connectivity index (χ2n) is 7.96. The maximum atomic E-state index is 5.83. The summed E-state index contributed by atoms with van der Waals surface area (Å²) in [4.78, 5) is 3.26. The monoisotopic (exact) mass is 372 g/mol. The van der Waals surface area contributed by atoms with E-state index >= 15 is 0 Å². The fraction of sp³-hybridized carbons (Fsp3) is 0.650. The third-order valence-corrected chi connectivity index (χ3v) is 6.14. The first-order valence-corrected chi connectivity index (χ1v) is 10.4. The van der Waals surface area contributed by atoms with Crippen molar-refractivity contribution in [2.45, 2.75) is 45.4 Å². The number of piperazine rings is 1. The summed E-state index contributed by atoms with van der Waals surface area (Å²) in [6.07, 6.45) is 2.47. The van der Waals surface area contributed by atoms with Gasteiger partial charge in [-0.2, -0.15) is 0 Å². The molecule has 2 saturated heterocycles. The van der Waals surface area contributed by atoms with E-state index in [1.807, 2.05) is 4.68 Å². The Balaban J connectivity index is 1.62. The lowest BCUT2D eigenvalue weighted by Crippen LogP contribution is -3.28. The summed E-state index contributed by atoms with van der Waals surface area (Å²) >= 11 is 0. The van der Waals surface area contributed by atoms with E-state index in [4.69, 9.17) is 4.74 Å². The van der Waals surface area contributed by atoms with E-state index in [1.54, 1.807) is 9.80 Å². The van der Waals surface area contributed by atoms with Crippen LogP contribution >= 0.6 is 0 Å². The molecule has 7 nitrogen and oxygen atoms in total. The van der Waals surface area contributed by atoms with Crippen molar-refractivity contribution < 1.29 is 14.5 Å². The maximum Gasteiger partial charge on any atom is 0.214 e. The number of nitrogens with one attached hydrogen (secondary N) is 2. The number of benzene rings is 1. The van der Waals surface area contributed by atoms with Crippen LogP contribution in [0.4, 0.5) is 0 Å². The topological polar surface area (TPSA) is 61.7 Å². The van der Waals surface area contributed by atoms with Gasteiger partial charge < -0.3 is 14.5 Å². The van der Waals surface area contributed by atoms with E-state index in [0.29, 0.717) is 0 Å². The molecule has 2 N–H and O–H groups in total. The zero-order chi connectivity index (χ0) is 18.6. The largest absolute Gasteiger partial charge is 0.376 e. The van der Waals surface area contributed by atoms with Crippen molar-refractivity contribution >= 4 is 0 Å². The molecule has 3 heterocycles. The van der Waals surface area contributed by atoms with Crippen LogP contribution in [0.1, 0.15) is 42.8 Å². The molecule has 0 saturated carbocycles. The Morgan fingerprint density at radius 3 is 2.63 bits per heavy atom. The third-order valence-electron chi connectivity index (χ3n) is 6.14. The standard InChI is InChI=1S/C20H30N6O/c1-3-24-10-12-25(13-11-24)19(17-8-6-16(2)7-9-17)20-21-22-23-26(20)15-18-5-4-14-27-18/h6-9,18-19H,3-5,10-15H2,1-2H3/p+2/t18-,19+/m1/s1. The van der Waals surface area contributed by atoms with Crippen LogP contribution in [-0.2, 0) is 11.3 Å². The fourth-order valence-electron chi connectivity index (χ4n) is 4.42. The lowest BCUT2D eigenvalue weighted by atomic mass is 10.0. The van der Waals surface area contributed by atoms with Crippen molar-refractivity contribution in [3.8, 4) is 0 Å². The van der Waals surface area contributed by atoms with Crippen LogP contribution in [0, 0.1) is 6.92 Å². The minimum Gasteiger partial charge on any atom is -0.376 e. The Kier molecular flexibility index (Phi) is 5.80. The fourth-order valence-corrected chi connectivity index (χ4v) is 4.42. The molecule has 7 heteroatoms. The highest BCUT2D eigenvalue weighted by atomic mass is 16.5. The predicted octanol–water partition coefficient (Wildman–Crippen LogP) is -0.947. The van der Waals surface area contributed by atoms with Gasteiger partial charge in [0.25, 0.3) is 0 Å². The number of ether oxygens (including phenoxy) is 1. The number of hydrogen-bond donors (Lipinski definition) is 2. The van der Waals surface area contributed by atoms with Crippen molar-refractivity contribution in [3.63, 3.8) is 0 Å². The Labute approximate surface area is 161 Å². The molecule has 2 atom stereocenters. The summed E-state index contributed by atoms with van der Waals surface area (Å²) < 4.78 is 7.82. The third kappa shape index (κ3) is 4.20. The summed E-state index contributed by atoms with van der Waals surface area (Å²) in [5.74, 6) is 0.976. The van der Waals surface area contributed by atoms with Crippen molar-refractivity contribution in [2.75, 3.05) is 39.3 Å². The number of rotatable bonds is 6. The van der Waals surface area contributed by atoms with E-state index < -0.39 is 0 Å². The van der Waals surface area contributed by atoms with E-state index in [9.17, 15) is 0 Å². The molecular formula is C20H32N6O+2. The first kappa shape index (κ1) is 18.5. The van der Waals surface area contributed by atoms with Gasteiger partial charge in [0.05, 0.1) is 19.2 Å². The molecule has 0 aliphatic carbocycles.